The minimum atomic E-state index is -0.400. The first kappa shape index (κ1) is 45.2. The summed E-state index contributed by atoms with van der Waals surface area (Å²) in [6.07, 6.45) is 9.50. The molecule has 322 valence electrons. The molecular weight excluding hydrogens is 838 g/mol. The van der Waals surface area contributed by atoms with Crippen LogP contribution in [-0.4, -0.2) is 143 Å². The van der Waals surface area contributed by atoms with Crippen molar-refractivity contribution in [3.05, 3.63) is 101 Å². The Balaban J connectivity index is 0.000000205. The highest BCUT2D eigenvalue weighted by Crippen LogP contribution is 2.26. The largest absolute Gasteiger partial charge is 0.437 e. The Hall–Kier alpha value is -4.36. The lowest BCUT2D eigenvalue weighted by atomic mass is 9.84. The molecule has 0 aromatic carbocycles. The number of pyridine rings is 4. The van der Waals surface area contributed by atoms with Crippen molar-refractivity contribution in [2.24, 2.45) is 11.8 Å². The van der Waals surface area contributed by atoms with Gasteiger partial charge in [0.15, 0.2) is 0 Å². The summed E-state index contributed by atoms with van der Waals surface area (Å²) in [4.78, 5) is 42.5. The van der Waals surface area contributed by atoms with Crippen molar-refractivity contribution >= 4 is 46.3 Å². The van der Waals surface area contributed by atoms with Gasteiger partial charge in [0.25, 0.3) is 0 Å². The van der Waals surface area contributed by atoms with Crippen LogP contribution in [0.2, 0.25) is 6.82 Å². The van der Waals surface area contributed by atoms with Crippen LogP contribution in [0.25, 0.3) is 0 Å². The van der Waals surface area contributed by atoms with Gasteiger partial charge in [-0.25, -0.2) is 33.1 Å². The molecule has 4 aromatic heterocycles. The van der Waals surface area contributed by atoms with Crippen LogP contribution in [0.5, 0.6) is 0 Å². The second-order valence-corrected chi connectivity index (χ2v) is 16.6. The van der Waals surface area contributed by atoms with Crippen LogP contribution in [0.3, 0.4) is 0 Å². The van der Waals surface area contributed by atoms with E-state index in [9.17, 15) is 23.0 Å². The van der Waals surface area contributed by atoms with Crippen molar-refractivity contribution in [3.63, 3.8) is 0 Å². The Kier molecular flexibility index (Phi) is 16.9. The van der Waals surface area contributed by atoms with Gasteiger partial charge in [0, 0.05) is 90.7 Å². The summed E-state index contributed by atoms with van der Waals surface area (Å²) < 4.78 is 38.5. The van der Waals surface area contributed by atoms with Gasteiger partial charge in [-0.2, -0.15) is 0 Å². The van der Waals surface area contributed by atoms with E-state index in [2.05, 4.69) is 60.4 Å². The Bertz CT molecular complexity index is 1870. The average Bonchev–Trinajstić information content (AvgIpc) is 3.26. The van der Waals surface area contributed by atoms with Crippen molar-refractivity contribution in [3.8, 4) is 0 Å². The molecule has 4 fully saturated rings. The number of hydrogen-bond acceptors (Lipinski definition) is 12. The Morgan fingerprint density at radius 2 is 1.27 bits per heavy atom. The number of nitrogens with two attached hydrogens (primary N) is 1. The summed E-state index contributed by atoms with van der Waals surface area (Å²) in [5.74, 6) is 2.47. The number of anilines is 3. The van der Waals surface area contributed by atoms with Crippen molar-refractivity contribution in [1.29, 1.82) is 0 Å². The first-order chi connectivity index (χ1) is 29.0. The van der Waals surface area contributed by atoms with Gasteiger partial charge in [0.05, 0.1) is 18.6 Å². The van der Waals surface area contributed by atoms with E-state index in [1.807, 2.05) is 16.9 Å². The number of likely N-dealkylation sites (tertiary alicyclic amines) is 2. The van der Waals surface area contributed by atoms with Crippen LogP contribution in [-0.2, 0) is 11.3 Å². The molecule has 3 N–H and O–H groups in total. The first-order valence-corrected chi connectivity index (χ1v) is 21.6. The fraction of sp³-hybridized carbons (Fsp3) is 0.500. The van der Waals surface area contributed by atoms with Gasteiger partial charge in [-0.3, -0.25) is 14.6 Å². The van der Waals surface area contributed by atoms with E-state index < -0.39 is 7.05 Å². The van der Waals surface area contributed by atoms with Gasteiger partial charge in [-0.15, -0.1) is 0 Å². The molecule has 0 atom stereocenters. The lowest BCUT2D eigenvalue weighted by Crippen LogP contribution is -2.51. The third-order valence-corrected chi connectivity index (χ3v) is 12.1. The molecule has 0 radical (unpaired) electrons. The Morgan fingerprint density at radius 3 is 1.75 bits per heavy atom. The lowest BCUT2D eigenvalue weighted by molar-refractivity contribution is -0.138. The van der Waals surface area contributed by atoms with Gasteiger partial charge in [-0.1, -0.05) is 0 Å². The summed E-state index contributed by atoms with van der Waals surface area (Å²) in [5.41, 5.74) is 6.99. The Labute approximate surface area is 360 Å². The zero-order valence-electron chi connectivity index (χ0n) is 34.3. The molecule has 8 rings (SSSR count). The second-order valence-electron chi connectivity index (χ2n) is 15.8. The minimum absolute atomic E-state index is 0.161. The monoisotopic (exact) mass is 893 g/mol. The summed E-state index contributed by atoms with van der Waals surface area (Å²) in [6, 6.07) is 13.2. The fourth-order valence-corrected chi connectivity index (χ4v) is 8.33. The lowest BCUT2D eigenvalue weighted by Gasteiger charge is -2.40. The number of nitrogen functional groups attached to an aromatic ring is 1. The molecule has 0 unspecified atom stereocenters. The second kappa shape index (κ2) is 22.5. The van der Waals surface area contributed by atoms with Gasteiger partial charge < -0.3 is 30.3 Å². The van der Waals surface area contributed by atoms with E-state index >= 15 is 0 Å². The van der Waals surface area contributed by atoms with E-state index in [1.54, 1.807) is 31.2 Å². The molecule has 4 saturated heterocycles. The molecular formula is C42H56BBrF3N11O2. The third-order valence-electron chi connectivity index (χ3n) is 11.6. The smallest absolute Gasteiger partial charge is 0.376 e. The van der Waals surface area contributed by atoms with Crippen molar-refractivity contribution < 1.29 is 23.0 Å². The highest BCUT2D eigenvalue weighted by atomic mass is 79.9. The van der Waals surface area contributed by atoms with Crippen LogP contribution >= 0.6 is 15.9 Å². The van der Waals surface area contributed by atoms with Crippen molar-refractivity contribution in [1.82, 2.24) is 39.4 Å². The van der Waals surface area contributed by atoms with Crippen molar-refractivity contribution in [2.75, 3.05) is 101 Å². The average molecular weight is 895 g/mol. The molecule has 8 heterocycles. The molecule has 4 aliphatic rings. The van der Waals surface area contributed by atoms with Crippen molar-refractivity contribution in [2.45, 2.75) is 39.1 Å². The van der Waals surface area contributed by atoms with E-state index in [0.717, 1.165) is 135 Å². The molecule has 13 nitrogen and oxygen atoms in total. The molecule has 1 amide bonds. The van der Waals surface area contributed by atoms with Crippen LogP contribution in [0, 0.1) is 29.3 Å². The number of piperidine rings is 2. The van der Waals surface area contributed by atoms with Crippen LogP contribution in [0.1, 0.15) is 31.2 Å². The maximum Gasteiger partial charge on any atom is 0.376 e. The molecule has 4 aliphatic heterocycles. The number of nitrogens with zero attached hydrogens (tertiary/aromatic N) is 10. The number of hydrogen-bond donors (Lipinski definition) is 2. The van der Waals surface area contributed by atoms with Crippen LogP contribution < -0.4 is 15.5 Å². The summed E-state index contributed by atoms with van der Waals surface area (Å²) in [5, 5.41) is 9.41. The zero-order valence-corrected chi connectivity index (χ0v) is 35.9. The van der Waals surface area contributed by atoms with E-state index in [4.69, 9.17) is 5.73 Å². The molecule has 0 saturated carbocycles. The molecule has 4 aromatic rings. The number of halogens is 4. The molecule has 0 bridgehead atoms. The van der Waals surface area contributed by atoms with E-state index in [-0.39, 0.29) is 23.4 Å². The highest BCUT2D eigenvalue weighted by molar-refractivity contribution is 9.10. The number of aromatic nitrogens is 4. The third kappa shape index (κ3) is 13.8. The van der Waals surface area contributed by atoms with Gasteiger partial charge in [0.2, 0.25) is 5.91 Å². The van der Waals surface area contributed by atoms with E-state index in [0.29, 0.717) is 22.2 Å². The number of carbonyl (C=O) groups is 1. The van der Waals surface area contributed by atoms with Gasteiger partial charge >= 0.3 is 7.05 Å². The normalized spacial score (nSPS) is 18.6. The maximum atomic E-state index is 13.2. The van der Waals surface area contributed by atoms with Gasteiger partial charge in [0.1, 0.15) is 39.5 Å². The minimum Gasteiger partial charge on any atom is -0.437 e. The SMILES string of the molecule is CB(O)N1CCN(c2ccc(F)cn2)CC1.Fc1ccc(Br)nc1.Nc1cc(CN2CCC(C(=O)N3CCC(CN4CCN(c5ccc(F)cn5)CC4)CC3)CC2)ccn1. The Morgan fingerprint density at radius 1 is 0.717 bits per heavy atom. The number of rotatable bonds is 8. The number of amides is 1. The molecule has 0 aliphatic carbocycles. The van der Waals surface area contributed by atoms with Gasteiger partial charge in [-0.05, 0) is 122 Å². The summed E-state index contributed by atoms with van der Waals surface area (Å²) >= 11 is 3.07. The number of carbonyl (C=O) groups excluding carboxylic acids is 1. The predicted octanol–water partition coefficient (Wildman–Crippen LogP) is 4.91. The summed E-state index contributed by atoms with van der Waals surface area (Å²) in [6.45, 7) is 14.5. The maximum absolute atomic E-state index is 13.2. The first-order valence-electron chi connectivity index (χ1n) is 20.8. The predicted molar refractivity (Wildman–Crippen MR) is 233 cm³/mol. The molecule has 0 spiro atoms. The fourth-order valence-electron chi connectivity index (χ4n) is 8.10. The topological polar surface area (TPSA) is 134 Å². The quantitative estimate of drug-likeness (QED) is 0.184. The number of piperazine rings is 2. The summed E-state index contributed by atoms with van der Waals surface area (Å²) in [7, 11) is -0.400. The van der Waals surface area contributed by atoms with E-state index in [1.165, 1.54) is 36.2 Å². The molecule has 60 heavy (non-hydrogen) atoms. The highest BCUT2D eigenvalue weighted by Gasteiger charge is 2.32. The molecule has 18 heteroatoms. The standard InChI is InChI=1S/C27H38FN7O.C10H15BFN3O.C5H3BrFN/c28-24-1-2-26(31-18-24)34-15-13-33(14-16-34)19-21-4-11-35(12-5-21)27(36)23-6-9-32(10-7-23)20-22-3-8-30-25(29)17-22;1-11(16)15-6-4-14(5-7-15)10-3-2-9(12)8-13-10;6-5-2-1-4(7)3-8-5/h1-3,8,17-18,21,23H,4-7,9-16,19-20H2,(H2,29,30);2-3,8,16H,4-7H2,1H3;1-3H. The van der Waals surface area contributed by atoms with Crippen LogP contribution in [0.4, 0.5) is 30.6 Å². The zero-order chi connectivity index (χ0) is 42.4. The van der Waals surface area contributed by atoms with Crippen LogP contribution in [0.15, 0.2) is 77.9 Å².